The summed E-state index contributed by atoms with van der Waals surface area (Å²) >= 11 is 0. The van der Waals surface area contributed by atoms with E-state index in [0.29, 0.717) is 6.54 Å². The van der Waals surface area contributed by atoms with Gasteiger partial charge >= 0.3 is 0 Å². The Balaban J connectivity index is 1.96. The standard InChI is InChI=1S/C16H23N3O/c1-4-5-10-19(3)16(17-2)18-12-14-11-13-8-6-7-9-15(13)20-14/h6-9,11H,4-5,10,12H2,1-3H3,(H,17,18). The number of nitrogens with zero attached hydrogens (tertiary/aromatic N) is 2. The minimum Gasteiger partial charge on any atom is -0.459 e. The third kappa shape index (κ3) is 3.53. The highest BCUT2D eigenvalue weighted by molar-refractivity contribution is 5.80. The van der Waals surface area contributed by atoms with Gasteiger partial charge in [0.2, 0.25) is 0 Å². The molecule has 0 fully saturated rings. The number of fused-ring (bicyclic) bond motifs is 1. The molecule has 0 saturated carbocycles. The Morgan fingerprint density at radius 2 is 2.15 bits per heavy atom. The number of aliphatic imine (C=N–C) groups is 1. The molecule has 0 spiro atoms. The molecule has 1 aromatic carbocycles. The fourth-order valence-corrected chi connectivity index (χ4v) is 2.18. The zero-order chi connectivity index (χ0) is 14.4. The molecule has 20 heavy (non-hydrogen) atoms. The van der Waals surface area contributed by atoms with E-state index in [-0.39, 0.29) is 0 Å². The quantitative estimate of drug-likeness (QED) is 0.671. The van der Waals surface area contributed by atoms with E-state index in [0.717, 1.165) is 29.2 Å². The third-order valence-corrected chi connectivity index (χ3v) is 3.32. The average molecular weight is 273 g/mol. The molecule has 1 N–H and O–H groups in total. The highest BCUT2D eigenvalue weighted by atomic mass is 16.3. The molecular weight excluding hydrogens is 250 g/mol. The number of furan rings is 1. The summed E-state index contributed by atoms with van der Waals surface area (Å²) in [5.74, 6) is 1.83. The van der Waals surface area contributed by atoms with Crippen LogP contribution in [0.3, 0.4) is 0 Å². The fraction of sp³-hybridized carbons (Fsp3) is 0.438. The van der Waals surface area contributed by atoms with Crippen molar-refractivity contribution >= 4 is 16.9 Å². The summed E-state index contributed by atoms with van der Waals surface area (Å²) in [6, 6.07) is 10.1. The Kier molecular flexibility index (Phi) is 5.04. The van der Waals surface area contributed by atoms with Gasteiger partial charge in [-0.2, -0.15) is 0 Å². The lowest BCUT2D eigenvalue weighted by molar-refractivity contribution is 0.457. The van der Waals surface area contributed by atoms with Gasteiger partial charge in [0.25, 0.3) is 0 Å². The van der Waals surface area contributed by atoms with Crippen LogP contribution in [0.4, 0.5) is 0 Å². The number of unbranched alkanes of at least 4 members (excludes halogenated alkanes) is 1. The molecule has 0 bridgehead atoms. The number of para-hydroxylation sites is 1. The van der Waals surface area contributed by atoms with E-state index >= 15 is 0 Å². The van der Waals surface area contributed by atoms with Crippen LogP contribution in [0, 0.1) is 0 Å². The van der Waals surface area contributed by atoms with Crippen LogP contribution >= 0.6 is 0 Å². The predicted octanol–water partition coefficient (Wildman–Crippen LogP) is 3.24. The van der Waals surface area contributed by atoms with Gasteiger partial charge in [-0.05, 0) is 18.6 Å². The molecule has 4 heteroatoms. The summed E-state index contributed by atoms with van der Waals surface area (Å²) < 4.78 is 5.79. The zero-order valence-corrected chi connectivity index (χ0v) is 12.5. The second-order valence-corrected chi connectivity index (χ2v) is 4.93. The van der Waals surface area contributed by atoms with Gasteiger partial charge in [-0.3, -0.25) is 4.99 Å². The first-order valence-corrected chi connectivity index (χ1v) is 7.14. The summed E-state index contributed by atoms with van der Waals surface area (Å²) in [6.07, 6.45) is 2.35. The molecule has 0 unspecified atom stereocenters. The van der Waals surface area contributed by atoms with Crippen LogP contribution in [0.5, 0.6) is 0 Å². The van der Waals surface area contributed by atoms with E-state index in [9.17, 15) is 0 Å². The van der Waals surface area contributed by atoms with Crippen molar-refractivity contribution in [2.75, 3.05) is 20.6 Å². The van der Waals surface area contributed by atoms with Gasteiger partial charge in [-0.25, -0.2) is 0 Å². The molecule has 108 valence electrons. The Hall–Kier alpha value is -1.97. The van der Waals surface area contributed by atoms with Gasteiger partial charge in [0.15, 0.2) is 5.96 Å². The Morgan fingerprint density at radius 3 is 2.85 bits per heavy atom. The Labute approximate surface area is 120 Å². The molecule has 0 aliphatic carbocycles. The molecule has 0 saturated heterocycles. The number of rotatable bonds is 5. The van der Waals surface area contributed by atoms with Crippen LogP contribution in [0.15, 0.2) is 39.7 Å². The maximum absolute atomic E-state index is 5.79. The van der Waals surface area contributed by atoms with Gasteiger partial charge in [0.1, 0.15) is 11.3 Å². The van der Waals surface area contributed by atoms with E-state index in [1.54, 1.807) is 0 Å². The molecule has 2 rings (SSSR count). The highest BCUT2D eigenvalue weighted by Gasteiger charge is 2.07. The van der Waals surface area contributed by atoms with Gasteiger partial charge < -0.3 is 14.6 Å². The third-order valence-electron chi connectivity index (χ3n) is 3.32. The molecule has 1 aromatic heterocycles. The molecule has 0 aliphatic heterocycles. The van der Waals surface area contributed by atoms with Gasteiger partial charge in [0.05, 0.1) is 6.54 Å². The first-order chi connectivity index (χ1) is 9.74. The molecule has 1 heterocycles. The average Bonchev–Trinajstić information content (AvgIpc) is 2.88. The van der Waals surface area contributed by atoms with Crippen molar-refractivity contribution in [2.24, 2.45) is 4.99 Å². The summed E-state index contributed by atoms with van der Waals surface area (Å²) in [4.78, 5) is 6.44. The van der Waals surface area contributed by atoms with Crippen molar-refractivity contribution in [3.05, 3.63) is 36.1 Å². The van der Waals surface area contributed by atoms with Crippen LogP contribution in [0.2, 0.25) is 0 Å². The van der Waals surface area contributed by atoms with Crippen LogP contribution in [0.1, 0.15) is 25.5 Å². The van der Waals surface area contributed by atoms with E-state index in [1.807, 2.05) is 25.2 Å². The number of hydrogen-bond acceptors (Lipinski definition) is 2. The Bertz CT molecular complexity index is 541. The van der Waals surface area contributed by atoms with Gasteiger partial charge in [-0.15, -0.1) is 0 Å². The topological polar surface area (TPSA) is 40.8 Å². The zero-order valence-electron chi connectivity index (χ0n) is 12.5. The maximum Gasteiger partial charge on any atom is 0.193 e. The lowest BCUT2D eigenvalue weighted by atomic mass is 10.2. The predicted molar refractivity (Wildman–Crippen MR) is 84.0 cm³/mol. The molecule has 2 aromatic rings. The number of hydrogen-bond donors (Lipinski definition) is 1. The second kappa shape index (κ2) is 6.98. The van der Waals surface area contributed by atoms with Gasteiger partial charge in [0, 0.05) is 26.0 Å². The van der Waals surface area contributed by atoms with Crippen LogP contribution in [-0.2, 0) is 6.54 Å². The number of nitrogens with one attached hydrogen (secondary N) is 1. The van der Waals surface area contributed by atoms with Crippen molar-refractivity contribution < 1.29 is 4.42 Å². The maximum atomic E-state index is 5.79. The molecule has 4 nitrogen and oxygen atoms in total. The fourth-order valence-electron chi connectivity index (χ4n) is 2.18. The summed E-state index contributed by atoms with van der Waals surface area (Å²) in [5, 5.41) is 4.48. The van der Waals surface area contributed by atoms with E-state index < -0.39 is 0 Å². The minimum atomic E-state index is 0.651. The summed E-state index contributed by atoms with van der Waals surface area (Å²) in [6.45, 7) is 3.85. The number of guanidine groups is 1. The van der Waals surface area contributed by atoms with Crippen molar-refractivity contribution in [1.82, 2.24) is 10.2 Å². The Morgan fingerprint density at radius 1 is 1.35 bits per heavy atom. The van der Waals surface area contributed by atoms with Crippen molar-refractivity contribution in [2.45, 2.75) is 26.3 Å². The van der Waals surface area contributed by atoms with Crippen LogP contribution in [-0.4, -0.2) is 31.5 Å². The lowest BCUT2D eigenvalue weighted by Gasteiger charge is -2.21. The SMILES string of the molecule is CCCCN(C)C(=NC)NCc1cc2ccccc2o1. The van der Waals surface area contributed by atoms with Crippen molar-refractivity contribution in [3.63, 3.8) is 0 Å². The summed E-state index contributed by atoms with van der Waals surface area (Å²) in [7, 11) is 3.87. The van der Waals surface area contributed by atoms with Crippen LogP contribution < -0.4 is 5.32 Å². The normalized spacial score (nSPS) is 11.8. The minimum absolute atomic E-state index is 0.651. The summed E-state index contributed by atoms with van der Waals surface area (Å²) in [5.41, 5.74) is 0.929. The molecular formula is C16H23N3O. The van der Waals surface area contributed by atoms with E-state index in [4.69, 9.17) is 4.42 Å². The van der Waals surface area contributed by atoms with Crippen molar-refractivity contribution in [1.29, 1.82) is 0 Å². The first kappa shape index (κ1) is 14.4. The lowest BCUT2D eigenvalue weighted by Crippen LogP contribution is -2.38. The molecule has 0 aliphatic rings. The second-order valence-electron chi connectivity index (χ2n) is 4.93. The smallest absolute Gasteiger partial charge is 0.193 e. The molecule has 0 atom stereocenters. The first-order valence-electron chi connectivity index (χ1n) is 7.14. The number of benzene rings is 1. The molecule has 0 amide bonds. The van der Waals surface area contributed by atoms with E-state index in [2.05, 4.69) is 41.3 Å². The highest BCUT2D eigenvalue weighted by Crippen LogP contribution is 2.18. The monoisotopic (exact) mass is 273 g/mol. The largest absolute Gasteiger partial charge is 0.459 e. The van der Waals surface area contributed by atoms with Crippen molar-refractivity contribution in [3.8, 4) is 0 Å². The van der Waals surface area contributed by atoms with E-state index in [1.165, 1.54) is 12.8 Å². The van der Waals surface area contributed by atoms with Crippen LogP contribution in [0.25, 0.3) is 11.0 Å². The van der Waals surface area contributed by atoms with Gasteiger partial charge in [-0.1, -0.05) is 31.5 Å². The molecule has 0 radical (unpaired) electrons.